The summed E-state index contributed by atoms with van der Waals surface area (Å²) in [5.41, 5.74) is 0. The Morgan fingerprint density at radius 3 is 2.75 bits per heavy atom. The first-order valence-corrected chi connectivity index (χ1v) is 6.19. The van der Waals surface area contributed by atoms with E-state index in [4.69, 9.17) is 4.74 Å². The van der Waals surface area contributed by atoms with Crippen LogP contribution < -0.4 is 5.32 Å². The van der Waals surface area contributed by atoms with Crippen LogP contribution in [-0.4, -0.2) is 48.7 Å². The van der Waals surface area contributed by atoms with Crippen LogP contribution in [0.4, 0.5) is 0 Å². The molecular weight excluding hydrogens is 204 g/mol. The van der Waals surface area contributed by atoms with Crippen LogP contribution in [0.25, 0.3) is 0 Å². The van der Waals surface area contributed by atoms with Gasteiger partial charge >= 0.3 is 0 Å². The first-order chi connectivity index (χ1) is 7.56. The fraction of sp³-hybridized carbons (Fsp3) is 0.917. The minimum atomic E-state index is 0.0688. The Balaban J connectivity index is 1.88. The van der Waals surface area contributed by atoms with Gasteiger partial charge in [-0.1, -0.05) is 13.8 Å². The number of hydrogen-bond donors (Lipinski definition) is 1. The molecule has 0 aromatic rings. The smallest absolute Gasteiger partial charge is 0.217 e. The van der Waals surface area contributed by atoms with Gasteiger partial charge in [0.2, 0.25) is 5.91 Å². The predicted molar refractivity (Wildman–Crippen MR) is 62.2 cm³/mol. The summed E-state index contributed by atoms with van der Waals surface area (Å²) in [4.78, 5) is 13.6. The molecule has 0 aromatic carbocycles. The van der Waals surface area contributed by atoms with E-state index in [0.29, 0.717) is 18.1 Å². The fourth-order valence-electron chi connectivity index (χ4n) is 2.64. The molecule has 0 aromatic heterocycles. The van der Waals surface area contributed by atoms with Crippen molar-refractivity contribution in [1.82, 2.24) is 10.2 Å². The predicted octanol–water partition coefficient (Wildman–Crippen LogP) is 0.620. The van der Waals surface area contributed by atoms with Crippen LogP contribution in [0.2, 0.25) is 0 Å². The molecule has 2 saturated heterocycles. The number of carbonyl (C=O) groups is 1. The van der Waals surface area contributed by atoms with Gasteiger partial charge in [-0.05, 0) is 12.3 Å². The van der Waals surface area contributed by atoms with Gasteiger partial charge in [0.25, 0.3) is 0 Å². The fourth-order valence-corrected chi connectivity index (χ4v) is 2.64. The van der Waals surface area contributed by atoms with Gasteiger partial charge in [0, 0.05) is 32.1 Å². The average molecular weight is 226 g/mol. The molecule has 0 saturated carbocycles. The van der Waals surface area contributed by atoms with Gasteiger partial charge in [-0.2, -0.15) is 0 Å². The molecule has 4 heteroatoms. The van der Waals surface area contributed by atoms with Crippen molar-refractivity contribution in [3.05, 3.63) is 0 Å². The lowest BCUT2D eigenvalue weighted by Crippen LogP contribution is -2.49. The highest BCUT2D eigenvalue weighted by atomic mass is 16.5. The summed E-state index contributed by atoms with van der Waals surface area (Å²) in [5, 5.41) is 3.04. The molecule has 0 spiro atoms. The minimum absolute atomic E-state index is 0.0688. The SMILES string of the molecule is CC(=O)NC(CN1CC2CC1CO2)C(C)C. The van der Waals surface area contributed by atoms with E-state index in [1.807, 2.05) is 0 Å². The Kier molecular flexibility index (Phi) is 3.50. The monoisotopic (exact) mass is 226 g/mol. The Hall–Kier alpha value is -0.610. The lowest BCUT2D eigenvalue weighted by atomic mass is 10.0. The molecule has 3 unspecified atom stereocenters. The van der Waals surface area contributed by atoms with E-state index in [2.05, 4.69) is 24.1 Å². The summed E-state index contributed by atoms with van der Waals surface area (Å²) < 4.78 is 5.58. The second-order valence-electron chi connectivity index (χ2n) is 5.35. The van der Waals surface area contributed by atoms with Gasteiger partial charge in [0.05, 0.1) is 12.7 Å². The molecule has 16 heavy (non-hydrogen) atoms. The zero-order valence-electron chi connectivity index (χ0n) is 10.4. The number of hydrogen-bond acceptors (Lipinski definition) is 3. The van der Waals surface area contributed by atoms with Gasteiger partial charge in [-0.25, -0.2) is 0 Å². The highest BCUT2D eigenvalue weighted by Crippen LogP contribution is 2.28. The zero-order chi connectivity index (χ0) is 11.7. The second-order valence-corrected chi connectivity index (χ2v) is 5.35. The van der Waals surface area contributed by atoms with Gasteiger partial charge in [-0.15, -0.1) is 0 Å². The number of nitrogens with zero attached hydrogens (tertiary/aromatic N) is 1. The van der Waals surface area contributed by atoms with Crippen molar-refractivity contribution >= 4 is 5.91 Å². The first kappa shape index (κ1) is 11.9. The average Bonchev–Trinajstić information content (AvgIpc) is 2.77. The van der Waals surface area contributed by atoms with Crippen LogP contribution >= 0.6 is 0 Å². The van der Waals surface area contributed by atoms with Crippen LogP contribution in [0.15, 0.2) is 0 Å². The molecule has 2 heterocycles. The van der Waals surface area contributed by atoms with Crippen molar-refractivity contribution in [3.63, 3.8) is 0 Å². The molecule has 92 valence electrons. The van der Waals surface area contributed by atoms with Crippen molar-refractivity contribution in [3.8, 4) is 0 Å². The number of carbonyl (C=O) groups excluding carboxylic acids is 1. The van der Waals surface area contributed by atoms with Crippen LogP contribution in [0.1, 0.15) is 27.2 Å². The molecule has 3 atom stereocenters. The topological polar surface area (TPSA) is 41.6 Å². The molecule has 2 aliphatic heterocycles. The molecule has 4 nitrogen and oxygen atoms in total. The number of likely N-dealkylation sites (tertiary alicyclic amines) is 1. The Bertz CT molecular complexity index is 268. The second kappa shape index (κ2) is 4.72. The number of amides is 1. The van der Waals surface area contributed by atoms with Crippen LogP contribution in [0.5, 0.6) is 0 Å². The Morgan fingerprint density at radius 1 is 1.56 bits per heavy atom. The molecular formula is C12H22N2O2. The summed E-state index contributed by atoms with van der Waals surface area (Å²) in [6.07, 6.45) is 1.61. The molecule has 1 amide bonds. The third kappa shape index (κ3) is 2.55. The van der Waals surface area contributed by atoms with E-state index < -0.39 is 0 Å². The normalized spacial score (nSPS) is 31.0. The lowest BCUT2D eigenvalue weighted by Gasteiger charge is -2.32. The van der Waals surface area contributed by atoms with Crippen LogP contribution in [-0.2, 0) is 9.53 Å². The molecule has 2 rings (SSSR count). The number of rotatable bonds is 4. The highest BCUT2D eigenvalue weighted by Gasteiger charge is 2.39. The summed E-state index contributed by atoms with van der Waals surface area (Å²) in [7, 11) is 0. The largest absolute Gasteiger partial charge is 0.375 e. The molecule has 1 N–H and O–H groups in total. The molecule has 2 aliphatic rings. The Morgan fingerprint density at radius 2 is 2.31 bits per heavy atom. The van der Waals surface area contributed by atoms with E-state index >= 15 is 0 Å². The van der Waals surface area contributed by atoms with Gasteiger partial charge in [0.15, 0.2) is 0 Å². The maximum absolute atomic E-state index is 11.1. The maximum atomic E-state index is 11.1. The van der Waals surface area contributed by atoms with Crippen molar-refractivity contribution in [2.75, 3.05) is 19.7 Å². The van der Waals surface area contributed by atoms with Crippen LogP contribution in [0, 0.1) is 5.92 Å². The third-order valence-electron chi connectivity index (χ3n) is 3.64. The standard InChI is InChI=1S/C12H22N2O2/c1-8(2)12(13-9(3)15)6-14-5-11-4-10(14)7-16-11/h8,10-12H,4-7H2,1-3H3,(H,13,15). The lowest BCUT2D eigenvalue weighted by molar-refractivity contribution is -0.120. The van der Waals surface area contributed by atoms with Crippen LogP contribution in [0.3, 0.4) is 0 Å². The molecule has 2 bridgehead atoms. The summed E-state index contributed by atoms with van der Waals surface area (Å²) >= 11 is 0. The van der Waals surface area contributed by atoms with Crippen molar-refractivity contribution in [2.24, 2.45) is 5.92 Å². The quantitative estimate of drug-likeness (QED) is 0.764. The maximum Gasteiger partial charge on any atom is 0.217 e. The van der Waals surface area contributed by atoms with E-state index in [1.165, 1.54) is 6.42 Å². The summed E-state index contributed by atoms with van der Waals surface area (Å²) in [6.45, 7) is 8.77. The molecule has 0 radical (unpaired) electrons. The third-order valence-corrected chi connectivity index (χ3v) is 3.64. The highest BCUT2D eigenvalue weighted by molar-refractivity contribution is 5.73. The van der Waals surface area contributed by atoms with Gasteiger partial charge < -0.3 is 10.1 Å². The number of ether oxygens (including phenoxy) is 1. The van der Waals surface area contributed by atoms with Crippen molar-refractivity contribution in [1.29, 1.82) is 0 Å². The van der Waals surface area contributed by atoms with E-state index in [1.54, 1.807) is 6.92 Å². The summed E-state index contributed by atoms with van der Waals surface area (Å²) in [5.74, 6) is 0.545. The van der Waals surface area contributed by atoms with E-state index in [-0.39, 0.29) is 11.9 Å². The molecule has 2 fully saturated rings. The summed E-state index contributed by atoms with van der Waals surface area (Å²) in [6, 6.07) is 0.844. The van der Waals surface area contributed by atoms with Gasteiger partial charge in [0.1, 0.15) is 0 Å². The Labute approximate surface area is 97.3 Å². The van der Waals surface area contributed by atoms with Crippen molar-refractivity contribution in [2.45, 2.75) is 45.4 Å². The number of fused-ring (bicyclic) bond motifs is 2. The van der Waals surface area contributed by atoms with E-state index in [0.717, 1.165) is 19.7 Å². The van der Waals surface area contributed by atoms with Crippen molar-refractivity contribution < 1.29 is 9.53 Å². The number of nitrogens with one attached hydrogen (secondary N) is 1. The minimum Gasteiger partial charge on any atom is -0.375 e. The molecule has 0 aliphatic carbocycles. The number of morpholine rings is 1. The zero-order valence-corrected chi connectivity index (χ0v) is 10.4. The van der Waals surface area contributed by atoms with E-state index in [9.17, 15) is 4.79 Å². The first-order valence-electron chi connectivity index (χ1n) is 6.19. The van der Waals surface area contributed by atoms with Gasteiger partial charge in [-0.3, -0.25) is 9.69 Å².